The van der Waals surface area contributed by atoms with Crippen LogP contribution in [0.4, 0.5) is 0 Å². The van der Waals surface area contributed by atoms with Gasteiger partial charge < -0.3 is 21.5 Å². The van der Waals surface area contributed by atoms with Gasteiger partial charge in [-0.3, -0.25) is 4.79 Å². The number of carboxylic acids is 1. The Morgan fingerprint density at radius 1 is 0.767 bits per heavy atom. The van der Waals surface area contributed by atoms with Crippen LogP contribution in [0.15, 0.2) is 12.2 Å². The molecule has 5 N–H and O–H groups in total. The molecule has 0 fully saturated rings. The smallest absolute Gasteiger partial charge is 0.303 e. The number of quaternary nitrogens is 1. The molecular weight excluding hydrogens is 376 g/mol. The van der Waals surface area contributed by atoms with E-state index in [1.807, 2.05) is 0 Å². The van der Waals surface area contributed by atoms with E-state index >= 15 is 0 Å². The Labute approximate surface area is 186 Å². The molecule has 0 amide bonds. The molecule has 0 spiro atoms. The largest absolute Gasteiger partial charge is 0.636 e. The van der Waals surface area contributed by atoms with Crippen LogP contribution in [0, 0.1) is 5.21 Å². The zero-order valence-electron chi connectivity index (χ0n) is 19.9. The lowest BCUT2D eigenvalue weighted by Gasteiger charge is -2.01. The predicted molar refractivity (Wildman–Crippen MR) is 129 cm³/mol. The number of nitrogens with two attached hydrogens (primary N) is 2. The van der Waals surface area contributed by atoms with E-state index in [4.69, 9.17) is 10.8 Å². The Balaban J connectivity index is 0. The molecule has 0 aromatic carbocycles. The number of aliphatic carboxylic acids is 1. The van der Waals surface area contributed by atoms with E-state index in [9.17, 15) is 10.0 Å². The average Bonchev–Trinajstić information content (AvgIpc) is 2.74. The molecule has 30 heavy (non-hydrogen) atoms. The highest BCUT2D eigenvalue weighted by molar-refractivity contribution is 5.66. The highest BCUT2D eigenvalue weighted by Crippen LogP contribution is 2.12. The minimum Gasteiger partial charge on any atom is -0.636 e. The maximum Gasteiger partial charge on any atom is 0.303 e. The van der Waals surface area contributed by atoms with E-state index in [0.29, 0.717) is 19.5 Å². The number of hydroxylamine groups is 1. The summed E-state index contributed by atoms with van der Waals surface area (Å²) in [5, 5.41) is 18.1. The topological polar surface area (TPSA) is 103 Å². The fraction of sp³-hybridized carbons (Fsp3) is 0.880. The third-order valence-corrected chi connectivity index (χ3v) is 5.18. The second kappa shape index (κ2) is 30.3. The Kier molecular flexibility index (Phi) is 31.6. The maximum atomic E-state index is 10.4. The number of unbranched alkanes of at least 4 members (excludes halogenated alkanes) is 15. The Morgan fingerprint density at radius 2 is 1.20 bits per heavy atom. The molecule has 5 nitrogen and oxygen atoms in total. The molecule has 5 heteroatoms. The predicted octanol–water partition coefficient (Wildman–Crippen LogP) is 6.07. The van der Waals surface area contributed by atoms with Gasteiger partial charge >= 0.3 is 5.97 Å². The maximum absolute atomic E-state index is 10.4. The molecule has 0 saturated heterocycles. The summed E-state index contributed by atoms with van der Waals surface area (Å²) in [6, 6.07) is 0. The van der Waals surface area contributed by atoms with Crippen molar-refractivity contribution in [1.29, 1.82) is 0 Å². The van der Waals surface area contributed by atoms with Gasteiger partial charge in [-0.05, 0) is 38.6 Å². The minimum absolute atomic E-state index is 0.340. The molecule has 180 valence electrons. The third-order valence-electron chi connectivity index (χ3n) is 5.18. The summed E-state index contributed by atoms with van der Waals surface area (Å²) in [5.41, 5.74) is 5.94. The van der Waals surface area contributed by atoms with Gasteiger partial charge in [-0.25, -0.2) is 0 Å². The van der Waals surface area contributed by atoms with Crippen molar-refractivity contribution in [3.63, 3.8) is 0 Å². The van der Waals surface area contributed by atoms with Crippen molar-refractivity contribution < 1.29 is 15.4 Å². The molecule has 0 atom stereocenters. The van der Waals surface area contributed by atoms with Gasteiger partial charge in [-0.2, -0.15) is 0 Å². The third kappa shape index (κ3) is 34.6. The SMILES string of the molecule is CCCCCCCC/C=C\CCCCCCCCCCCC(=O)O.NCCC[NH2+][O-]. The van der Waals surface area contributed by atoms with E-state index in [-0.39, 0.29) is 0 Å². The zero-order valence-corrected chi connectivity index (χ0v) is 19.9. The quantitative estimate of drug-likeness (QED) is 0.111. The summed E-state index contributed by atoms with van der Waals surface area (Å²) in [4.78, 5) is 10.4. The van der Waals surface area contributed by atoms with E-state index in [0.717, 1.165) is 24.7 Å². The molecule has 0 aliphatic rings. The van der Waals surface area contributed by atoms with E-state index < -0.39 is 5.97 Å². The first kappa shape index (κ1) is 31.3. The van der Waals surface area contributed by atoms with Gasteiger partial charge in [-0.15, -0.1) is 0 Å². The van der Waals surface area contributed by atoms with Gasteiger partial charge in [-0.1, -0.05) is 96.1 Å². The zero-order chi connectivity index (χ0) is 22.5. The van der Waals surface area contributed by atoms with Crippen molar-refractivity contribution in [2.45, 2.75) is 129 Å². The van der Waals surface area contributed by atoms with Crippen LogP contribution in [-0.4, -0.2) is 24.2 Å². The summed E-state index contributed by atoms with van der Waals surface area (Å²) < 4.78 is 0. The summed E-state index contributed by atoms with van der Waals surface area (Å²) in [5.74, 6) is -0.656. The molecule has 0 aromatic rings. The van der Waals surface area contributed by atoms with Gasteiger partial charge in [0.2, 0.25) is 0 Å². The number of hydrogen-bond acceptors (Lipinski definition) is 3. The van der Waals surface area contributed by atoms with E-state index in [1.54, 1.807) is 0 Å². The lowest BCUT2D eigenvalue weighted by molar-refractivity contribution is -0.588. The molecule has 0 rings (SSSR count). The first-order valence-electron chi connectivity index (χ1n) is 12.7. The molecule has 0 radical (unpaired) electrons. The number of hydrogen-bond donors (Lipinski definition) is 3. The summed E-state index contributed by atoms with van der Waals surface area (Å²) in [7, 11) is 0. The lowest BCUT2D eigenvalue weighted by atomic mass is 10.1. The van der Waals surface area contributed by atoms with Crippen LogP contribution in [0.1, 0.15) is 129 Å². The molecule has 0 aromatic heterocycles. The Hall–Kier alpha value is -0.910. The van der Waals surface area contributed by atoms with Crippen LogP contribution < -0.4 is 11.2 Å². The summed E-state index contributed by atoms with van der Waals surface area (Å²) >= 11 is 0. The number of allylic oxidation sites excluding steroid dienone is 2. The highest BCUT2D eigenvalue weighted by Gasteiger charge is 1.96. The van der Waals surface area contributed by atoms with E-state index in [1.165, 1.54) is 96.3 Å². The van der Waals surface area contributed by atoms with Gasteiger partial charge in [0.25, 0.3) is 0 Å². The molecule has 0 aliphatic carbocycles. The monoisotopic (exact) mass is 428 g/mol. The number of carboxylic acid groups (broad SMARTS) is 1. The number of rotatable bonds is 22. The van der Waals surface area contributed by atoms with Crippen molar-refractivity contribution >= 4 is 5.97 Å². The number of carbonyl (C=O) groups is 1. The van der Waals surface area contributed by atoms with Crippen molar-refractivity contribution in [3.8, 4) is 0 Å². The van der Waals surface area contributed by atoms with Crippen molar-refractivity contribution in [2.75, 3.05) is 13.1 Å². The highest BCUT2D eigenvalue weighted by atomic mass is 16.5. The van der Waals surface area contributed by atoms with Crippen molar-refractivity contribution in [1.82, 2.24) is 0 Å². The normalized spacial score (nSPS) is 10.9. The van der Waals surface area contributed by atoms with Gasteiger partial charge in [0, 0.05) is 12.8 Å². The fourth-order valence-corrected chi connectivity index (χ4v) is 3.26. The average molecular weight is 429 g/mol. The van der Waals surface area contributed by atoms with Crippen LogP contribution in [0.5, 0.6) is 0 Å². The van der Waals surface area contributed by atoms with Crippen LogP contribution in [0.25, 0.3) is 0 Å². The van der Waals surface area contributed by atoms with Crippen molar-refractivity contribution in [3.05, 3.63) is 17.4 Å². The first-order chi connectivity index (χ1) is 14.7. The molecular formula is C25H52N2O3. The molecule has 0 heterocycles. The van der Waals surface area contributed by atoms with Gasteiger partial charge in [0.15, 0.2) is 0 Å². The lowest BCUT2D eigenvalue weighted by Crippen LogP contribution is -2.77. The van der Waals surface area contributed by atoms with Gasteiger partial charge in [0.05, 0.1) is 6.54 Å². The Morgan fingerprint density at radius 3 is 1.57 bits per heavy atom. The van der Waals surface area contributed by atoms with Crippen LogP contribution in [0.2, 0.25) is 0 Å². The van der Waals surface area contributed by atoms with Crippen LogP contribution >= 0.6 is 0 Å². The molecule has 0 aliphatic heterocycles. The van der Waals surface area contributed by atoms with Crippen molar-refractivity contribution in [2.24, 2.45) is 5.73 Å². The second-order valence-electron chi connectivity index (χ2n) is 8.24. The first-order valence-corrected chi connectivity index (χ1v) is 12.7. The van der Waals surface area contributed by atoms with Crippen LogP contribution in [-0.2, 0) is 4.79 Å². The fourth-order valence-electron chi connectivity index (χ4n) is 3.26. The van der Waals surface area contributed by atoms with Gasteiger partial charge in [0.1, 0.15) is 0 Å². The summed E-state index contributed by atoms with van der Waals surface area (Å²) in [6.07, 6.45) is 27.9. The Bertz CT molecular complexity index is 345. The van der Waals surface area contributed by atoms with Crippen LogP contribution in [0.3, 0.4) is 0 Å². The molecule has 0 saturated carbocycles. The standard InChI is InChI=1S/C22H42O2.C3H10N2O/c1-2-3-4-5-6-7-8-9-10-11-12-13-14-15-16-17-18-19-20-21-22(23)24;4-2-1-3-5-6/h9-10H,2-8,11-21H2,1H3,(H,23,24);1-5H2/b10-9-;. The minimum atomic E-state index is -0.656. The second-order valence-corrected chi connectivity index (χ2v) is 8.24. The molecule has 0 bridgehead atoms. The molecule has 0 unspecified atom stereocenters. The van der Waals surface area contributed by atoms with E-state index in [2.05, 4.69) is 19.1 Å². The summed E-state index contributed by atoms with van der Waals surface area (Å²) in [6.45, 7) is 3.50.